The Morgan fingerprint density at radius 1 is 1.21 bits per heavy atom. The van der Waals surface area contributed by atoms with Crippen molar-refractivity contribution in [2.75, 3.05) is 18.1 Å². The molecule has 2 aliphatic carbocycles. The normalized spacial score (nSPS) is 24.6. The fraction of sp³-hybridized carbons (Fsp3) is 0.727. The minimum absolute atomic E-state index is 0.0558. The Hall–Kier alpha value is -1.43. The van der Waals surface area contributed by atoms with Gasteiger partial charge in [-0.05, 0) is 75.3 Å². The number of aryl methyl sites for hydroxylation is 3. The highest BCUT2D eigenvalue weighted by Crippen LogP contribution is 2.53. The summed E-state index contributed by atoms with van der Waals surface area (Å²) in [4.78, 5) is 17.3. The van der Waals surface area contributed by atoms with E-state index in [0.717, 1.165) is 42.1 Å². The zero-order chi connectivity index (χ0) is 20.5. The molecule has 0 aliphatic heterocycles. The molecule has 0 radical (unpaired) electrons. The molecular formula is C22H34N2O3S. The molecule has 1 aromatic rings. The first-order valence-corrected chi connectivity index (χ1v) is 12.4. The van der Waals surface area contributed by atoms with Gasteiger partial charge in [0.1, 0.15) is 0 Å². The number of aromatic nitrogens is 1. The molecule has 2 aliphatic rings. The maximum Gasteiger partial charge on any atom is 0.253 e. The zero-order valence-corrected chi connectivity index (χ0v) is 18.5. The highest BCUT2D eigenvalue weighted by atomic mass is 32.2. The van der Waals surface area contributed by atoms with Crippen LogP contribution in [0.15, 0.2) is 6.07 Å². The quantitative estimate of drug-likeness (QED) is 0.677. The first kappa shape index (κ1) is 21.3. The predicted octanol–water partition coefficient (Wildman–Crippen LogP) is 3.76. The summed E-state index contributed by atoms with van der Waals surface area (Å²) in [6, 6.07) is 1.94. The van der Waals surface area contributed by atoms with E-state index in [0.29, 0.717) is 24.3 Å². The number of hydrogen-bond acceptors (Lipinski definition) is 4. The van der Waals surface area contributed by atoms with Crippen LogP contribution in [0.3, 0.4) is 0 Å². The van der Waals surface area contributed by atoms with Crippen molar-refractivity contribution in [2.45, 2.75) is 66.2 Å². The fourth-order valence-corrected chi connectivity index (χ4v) is 6.82. The third-order valence-corrected chi connectivity index (χ3v) is 8.25. The van der Waals surface area contributed by atoms with Crippen LogP contribution in [0.25, 0.3) is 0 Å². The van der Waals surface area contributed by atoms with Crippen LogP contribution in [0, 0.1) is 38.0 Å². The third-order valence-electron chi connectivity index (χ3n) is 6.24. The lowest BCUT2D eigenvalue weighted by molar-refractivity contribution is 0.0475. The van der Waals surface area contributed by atoms with Gasteiger partial charge in [-0.1, -0.05) is 19.8 Å². The van der Waals surface area contributed by atoms with Crippen molar-refractivity contribution in [3.63, 3.8) is 0 Å². The van der Waals surface area contributed by atoms with Gasteiger partial charge in [-0.25, -0.2) is 8.42 Å². The molecule has 1 N–H and O–H groups in total. The van der Waals surface area contributed by atoms with Crippen LogP contribution in [-0.2, 0) is 9.84 Å². The van der Waals surface area contributed by atoms with Crippen LogP contribution < -0.4 is 5.32 Å². The second-order valence-electron chi connectivity index (χ2n) is 9.26. The Balaban J connectivity index is 1.62. The number of amides is 1. The van der Waals surface area contributed by atoms with Gasteiger partial charge in [-0.3, -0.25) is 9.78 Å². The average Bonchev–Trinajstić information content (AvgIpc) is 3.33. The van der Waals surface area contributed by atoms with Gasteiger partial charge >= 0.3 is 0 Å². The number of nitrogens with one attached hydrogen (secondary N) is 1. The molecule has 3 rings (SSSR count). The number of carbonyl (C=O) groups excluding carboxylic acids is 1. The van der Waals surface area contributed by atoms with Gasteiger partial charge in [0.2, 0.25) is 0 Å². The van der Waals surface area contributed by atoms with Gasteiger partial charge in [0.15, 0.2) is 9.84 Å². The van der Waals surface area contributed by atoms with Gasteiger partial charge in [0.25, 0.3) is 5.91 Å². The van der Waals surface area contributed by atoms with E-state index >= 15 is 0 Å². The van der Waals surface area contributed by atoms with Gasteiger partial charge in [-0.15, -0.1) is 0 Å². The minimum Gasteiger partial charge on any atom is -0.351 e. The van der Waals surface area contributed by atoms with Crippen LogP contribution in [0.1, 0.15) is 72.8 Å². The van der Waals surface area contributed by atoms with Gasteiger partial charge in [-0.2, -0.15) is 0 Å². The highest BCUT2D eigenvalue weighted by molar-refractivity contribution is 7.91. The first-order chi connectivity index (χ1) is 13.1. The second-order valence-corrected chi connectivity index (χ2v) is 11.5. The summed E-state index contributed by atoms with van der Waals surface area (Å²) in [5, 5.41) is 3.16. The van der Waals surface area contributed by atoms with Crippen LogP contribution in [-0.4, -0.2) is 37.4 Å². The maximum absolute atomic E-state index is 12.8. The lowest BCUT2D eigenvalue weighted by atomic mass is 9.60. The van der Waals surface area contributed by atoms with E-state index in [4.69, 9.17) is 0 Å². The van der Waals surface area contributed by atoms with E-state index in [9.17, 15) is 13.2 Å². The summed E-state index contributed by atoms with van der Waals surface area (Å²) in [5.41, 5.74) is 3.39. The van der Waals surface area contributed by atoms with Crippen molar-refractivity contribution < 1.29 is 13.2 Å². The Bertz CT molecular complexity index is 814. The Kier molecular flexibility index (Phi) is 6.18. The van der Waals surface area contributed by atoms with Gasteiger partial charge in [0.05, 0.1) is 17.0 Å². The van der Waals surface area contributed by atoms with E-state index in [2.05, 4.69) is 10.3 Å². The molecule has 0 bridgehead atoms. The summed E-state index contributed by atoms with van der Waals surface area (Å²) in [7, 11) is -2.94. The summed E-state index contributed by atoms with van der Waals surface area (Å²) in [5.74, 6) is 1.54. The molecule has 5 nitrogen and oxygen atoms in total. The average molecular weight is 407 g/mol. The zero-order valence-electron chi connectivity index (χ0n) is 17.7. The number of pyridine rings is 1. The predicted molar refractivity (Wildman–Crippen MR) is 112 cm³/mol. The molecule has 2 saturated carbocycles. The summed E-state index contributed by atoms with van der Waals surface area (Å²) in [6.07, 6.45) is 6.17. The van der Waals surface area contributed by atoms with Crippen molar-refractivity contribution in [3.05, 3.63) is 28.6 Å². The van der Waals surface area contributed by atoms with E-state index in [1.807, 2.05) is 33.8 Å². The van der Waals surface area contributed by atoms with E-state index < -0.39 is 9.84 Å². The molecule has 1 aromatic heterocycles. The largest absolute Gasteiger partial charge is 0.351 e. The monoisotopic (exact) mass is 406 g/mol. The number of carbonyl (C=O) groups is 1. The molecule has 0 spiro atoms. The van der Waals surface area contributed by atoms with Crippen molar-refractivity contribution in [2.24, 2.45) is 17.3 Å². The smallest absolute Gasteiger partial charge is 0.253 e. The number of hydrogen-bond donors (Lipinski definition) is 1. The lowest BCUT2D eigenvalue weighted by Gasteiger charge is -2.48. The molecule has 0 aromatic carbocycles. The molecule has 28 heavy (non-hydrogen) atoms. The van der Waals surface area contributed by atoms with Crippen molar-refractivity contribution in [3.8, 4) is 0 Å². The molecule has 0 atom stereocenters. The second kappa shape index (κ2) is 8.13. The SMILES string of the molecule is CCCS(=O)(=O)C[C@H]1C[C@@](CNC(=O)c2c(C)cc(C)nc2C)(CC2CC2)C1. The maximum atomic E-state index is 12.8. The van der Waals surface area contributed by atoms with E-state index in [1.165, 1.54) is 12.8 Å². The Labute approximate surface area is 169 Å². The Morgan fingerprint density at radius 3 is 2.46 bits per heavy atom. The molecule has 1 amide bonds. The standard InChI is InChI=1S/C22H34N2O3S/c1-5-8-28(26,27)13-19-11-22(12-19,10-18-6-7-18)14-23-21(25)20-15(2)9-16(3)24-17(20)4/h9,18-19H,5-8,10-14H2,1-4H3,(H,23,25)/t19-,22-. The van der Waals surface area contributed by atoms with E-state index in [-0.39, 0.29) is 23.0 Å². The molecule has 156 valence electrons. The third kappa shape index (κ3) is 5.13. The van der Waals surface area contributed by atoms with Gasteiger partial charge < -0.3 is 5.32 Å². The molecular weight excluding hydrogens is 372 g/mol. The molecule has 2 fully saturated rings. The molecule has 6 heteroatoms. The fourth-order valence-electron chi connectivity index (χ4n) is 5.08. The summed E-state index contributed by atoms with van der Waals surface area (Å²) in [6.45, 7) is 8.32. The Morgan fingerprint density at radius 2 is 1.89 bits per heavy atom. The van der Waals surface area contributed by atoms with Gasteiger partial charge in [0, 0.05) is 18.0 Å². The minimum atomic E-state index is -2.94. The van der Waals surface area contributed by atoms with Crippen LogP contribution >= 0.6 is 0 Å². The lowest BCUT2D eigenvalue weighted by Crippen LogP contribution is -2.48. The summed E-state index contributed by atoms with van der Waals surface area (Å²) >= 11 is 0. The van der Waals surface area contributed by atoms with Crippen molar-refractivity contribution >= 4 is 15.7 Å². The number of sulfone groups is 1. The van der Waals surface area contributed by atoms with Crippen LogP contribution in [0.4, 0.5) is 0 Å². The van der Waals surface area contributed by atoms with Crippen molar-refractivity contribution in [1.29, 1.82) is 0 Å². The van der Waals surface area contributed by atoms with Crippen LogP contribution in [0.2, 0.25) is 0 Å². The molecule has 0 unspecified atom stereocenters. The first-order valence-electron chi connectivity index (χ1n) is 10.6. The van der Waals surface area contributed by atoms with E-state index in [1.54, 1.807) is 0 Å². The van der Waals surface area contributed by atoms with Crippen molar-refractivity contribution in [1.82, 2.24) is 10.3 Å². The molecule has 0 saturated heterocycles. The number of rotatable bonds is 9. The topological polar surface area (TPSA) is 76.1 Å². The number of nitrogens with zero attached hydrogens (tertiary/aromatic N) is 1. The summed E-state index contributed by atoms with van der Waals surface area (Å²) < 4.78 is 24.3. The van der Waals surface area contributed by atoms with Crippen LogP contribution in [0.5, 0.6) is 0 Å². The molecule has 1 heterocycles. The highest BCUT2D eigenvalue weighted by Gasteiger charge is 2.48.